The zero-order chi connectivity index (χ0) is 14.3. The fourth-order valence-electron chi connectivity index (χ4n) is 1.61. The Morgan fingerprint density at radius 2 is 2.32 bits per heavy atom. The van der Waals surface area contributed by atoms with Crippen LogP contribution in [0.2, 0.25) is 0 Å². The zero-order valence-corrected chi connectivity index (χ0v) is 12.3. The van der Waals surface area contributed by atoms with Crippen molar-refractivity contribution in [2.75, 3.05) is 19.9 Å². The van der Waals surface area contributed by atoms with Gasteiger partial charge in [0.05, 0.1) is 12.7 Å². The number of thioether (sulfide) groups is 1. The molecule has 1 atom stereocenters. The molecule has 0 aliphatic rings. The summed E-state index contributed by atoms with van der Waals surface area (Å²) in [6, 6.07) is 5.62. The summed E-state index contributed by atoms with van der Waals surface area (Å²) < 4.78 is 5.25. The molecule has 0 spiro atoms. The number of benzene rings is 1. The van der Waals surface area contributed by atoms with Gasteiger partial charge >= 0.3 is 0 Å². The van der Waals surface area contributed by atoms with Crippen LogP contribution < -0.4 is 15.8 Å². The number of nitrogens with one attached hydrogen (secondary N) is 1. The third-order valence-electron chi connectivity index (χ3n) is 2.81. The monoisotopic (exact) mass is 283 g/mol. The molecule has 0 saturated heterocycles. The lowest BCUT2D eigenvalue weighted by Crippen LogP contribution is -2.22. The maximum Gasteiger partial charge on any atom is 0.173 e. The second-order valence-corrected chi connectivity index (χ2v) is 5.47. The molecule has 0 heterocycles. The highest BCUT2D eigenvalue weighted by molar-refractivity contribution is 7.99. The molecule has 106 valence electrons. The molecule has 1 rings (SSSR count). The van der Waals surface area contributed by atoms with Gasteiger partial charge in [-0.15, -0.1) is 0 Å². The molecule has 0 fully saturated rings. The highest BCUT2D eigenvalue weighted by atomic mass is 32.2. The van der Waals surface area contributed by atoms with Gasteiger partial charge < -0.3 is 21.0 Å². The fraction of sp³-hybridized carbons (Fsp3) is 0.462. The lowest BCUT2D eigenvalue weighted by molar-refractivity contribution is 0.318. The fourth-order valence-corrected chi connectivity index (χ4v) is 1.90. The number of oxime groups is 1. The van der Waals surface area contributed by atoms with E-state index in [-0.39, 0.29) is 5.84 Å². The van der Waals surface area contributed by atoms with E-state index in [0.717, 1.165) is 18.7 Å². The summed E-state index contributed by atoms with van der Waals surface area (Å²) in [5, 5.41) is 15.7. The minimum absolute atomic E-state index is 0.0485. The standard InChI is InChI=1S/C13H21N3O2S/c1-9(19-3)7-15-8-10-4-5-11(13(14)16-17)12(6-10)18-2/h4-6,9,15,17H,7-8H2,1-3H3,(H2,14,16). The maximum atomic E-state index is 8.70. The van der Waals surface area contributed by atoms with E-state index in [1.165, 1.54) is 0 Å². The second-order valence-electron chi connectivity index (χ2n) is 4.20. The van der Waals surface area contributed by atoms with Gasteiger partial charge in [0.25, 0.3) is 0 Å². The van der Waals surface area contributed by atoms with Gasteiger partial charge in [-0.2, -0.15) is 11.8 Å². The molecule has 1 unspecified atom stereocenters. The van der Waals surface area contributed by atoms with Gasteiger partial charge in [0.2, 0.25) is 0 Å². The van der Waals surface area contributed by atoms with Gasteiger partial charge in [0, 0.05) is 18.3 Å². The van der Waals surface area contributed by atoms with E-state index in [1.807, 2.05) is 23.9 Å². The Morgan fingerprint density at radius 3 is 2.89 bits per heavy atom. The largest absolute Gasteiger partial charge is 0.496 e. The van der Waals surface area contributed by atoms with Crippen molar-refractivity contribution in [2.24, 2.45) is 10.9 Å². The Kier molecular flexibility index (Phi) is 6.52. The van der Waals surface area contributed by atoms with E-state index in [1.54, 1.807) is 13.2 Å². The van der Waals surface area contributed by atoms with Crippen molar-refractivity contribution in [3.63, 3.8) is 0 Å². The van der Waals surface area contributed by atoms with Crippen molar-refractivity contribution in [3.05, 3.63) is 29.3 Å². The van der Waals surface area contributed by atoms with Crippen LogP contribution in [0.3, 0.4) is 0 Å². The van der Waals surface area contributed by atoms with Crippen molar-refractivity contribution in [1.29, 1.82) is 0 Å². The third-order valence-corrected chi connectivity index (χ3v) is 3.78. The molecule has 1 aromatic rings. The van der Waals surface area contributed by atoms with E-state index in [0.29, 0.717) is 16.6 Å². The van der Waals surface area contributed by atoms with E-state index in [4.69, 9.17) is 15.7 Å². The van der Waals surface area contributed by atoms with Gasteiger partial charge in [-0.3, -0.25) is 0 Å². The first-order chi connectivity index (χ1) is 9.12. The van der Waals surface area contributed by atoms with Crippen LogP contribution in [0.4, 0.5) is 0 Å². The molecule has 0 aliphatic heterocycles. The minimum atomic E-state index is 0.0485. The molecule has 0 radical (unpaired) electrons. The van der Waals surface area contributed by atoms with Crippen molar-refractivity contribution in [1.82, 2.24) is 5.32 Å². The van der Waals surface area contributed by atoms with Gasteiger partial charge in [0.15, 0.2) is 5.84 Å². The lowest BCUT2D eigenvalue weighted by atomic mass is 10.1. The number of nitrogens with two attached hydrogens (primary N) is 1. The molecule has 0 aromatic heterocycles. The summed E-state index contributed by atoms with van der Waals surface area (Å²) in [4.78, 5) is 0. The molecule has 0 saturated carbocycles. The topological polar surface area (TPSA) is 79.9 Å². The van der Waals surface area contributed by atoms with E-state index in [2.05, 4.69) is 23.7 Å². The molecule has 4 N–H and O–H groups in total. The molecule has 0 bridgehead atoms. The Morgan fingerprint density at radius 1 is 1.58 bits per heavy atom. The van der Waals surface area contributed by atoms with Crippen molar-refractivity contribution < 1.29 is 9.94 Å². The average Bonchev–Trinajstić information content (AvgIpc) is 2.45. The maximum absolute atomic E-state index is 8.70. The Hall–Kier alpha value is -1.40. The first-order valence-corrected chi connectivity index (χ1v) is 7.29. The SMILES string of the molecule is COc1cc(CNCC(C)SC)ccc1/C(N)=N/O. The second kappa shape index (κ2) is 7.91. The summed E-state index contributed by atoms with van der Waals surface area (Å²) in [5.74, 6) is 0.653. The molecule has 0 aliphatic carbocycles. The van der Waals surface area contributed by atoms with Crippen LogP contribution in [0, 0.1) is 0 Å². The van der Waals surface area contributed by atoms with Crippen LogP contribution >= 0.6 is 11.8 Å². The number of methoxy groups -OCH3 is 1. The molecular weight excluding hydrogens is 262 g/mol. The van der Waals surface area contributed by atoms with Crippen LogP contribution in [-0.2, 0) is 6.54 Å². The van der Waals surface area contributed by atoms with Crippen molar-refractivity contribution >= 4 is 17.6 Å². The predicted molar refractivity (Wildman–Crippen MR) is 80.2 cm³/mol. The van der Waals surface area contributed by atoms with Gasteiger partial charge in [-0.25, -0.2) is 0 Å². The molecule has 0 amide bonds. The number of hydrogen-bond acceptors (Lipinski definition) is 5. The van der Waals surface area contributed by atoms with Crippen LogP contribution in [0.15, 0.2) is 23.4 Å². The normalized spacial score (nSPS) is 13.3. The molecule has 6 heteroatoms. The van der Waals surface area contributed by atoms with E-state index < -0.39 is 0 Å². The summed E-state index contributed by atoms with van der Waals surface area (Å²) >= 11 is 1.83. The van der Waals surface area contributed by atoms with Crippen LogP contribution in [0.25, 0.3) is 0 Å². The molecule has 19 heavy (non-hydrogen) atoms. The van der Waals surface area contributed by atoms with E-state index >= 15 is 0 Å². The summed E-state index contributed by atoms with van der Waals surface area (Å²) in [5.41, 5.74) is 7.27. The van der Waals surface area contributed by atoms with Gasteiger partial charge in [-0.1, -0.05) is 18.1 Å². The zero-order valence-electron chi connectivity index (χ0n) is 11.5. The summed E-state index contributed by atoms with van der Waals surface area (Å²) in [6.07, 6.45) is 2.10. The van der Waals surface area contributed by atoms with Crippen molar-refractivity contribution in [2.45, 2.75) is 18.7 Å². The molecule has 1 aromatic carbocycles. The highest BCUT2D eigenvalue weighted by Crippen LogP contribution is 2.20. The van der Waals surface area contributed by atoms with Crippen LogP contribution in [-0.4, -0.2) is 36.2 Å². The first kappa shape index (κ1) is 15.7. The number of nitrogens with zero attached hydrogens (tertiary/aromatic N) is 1. The number of ether oxygens (including phenoxy) is 1. The Bertz CT molecular complexity index is 438. The minimum Gasteiger partial charge on any atom is -0.496 e. The van der Waals surface area contributed by atoms with Crippen LogP contribution in [0.5, 0.6) is 5.75 Å². The lowest BCUT2D eigenvalue weighted by Gasteiger charge is -2.12. The first-order valence-electron chi connectivity index (χ1n) is 6.00. The molecule has 5 nitrogen and oxygen atoms in total. The molecular formula is C13H21N3O2S. The van der Waals surface area contributed by atoms with Gasteiger partial charge in [0.1, 0.15) is 5.75 Å². The van der Waals surface area contributed by atoms with E-state index in [9.17, 15) is 0 Å². The quantitative estimate of drug-likeness (QED) is 0.307. The smallest absolute Gasteiger partial charge is 0.173 e. The Balaban J connectivity index is 2.72. The number of amidine groups is 1. The number of hydrogen-bond donors (Lipinski definition) is 3. The third kappa shape index (κ3) is 4.65. The Labute approximate surface area is 118 Å². The van der Waals surface area contributed by atoms with Crippen LogP contribution in [0.1, 0.15) is 18.1 Å². The highest BCUT2D eigenvalue weighted by Gasteiger charge is 2.08. The summed E-state index contributed by atoms with van der Waals surface area (Å²) in [6.45, 7) is 3.89. The summed E-state index contributed by atoms with van der Waals surface area (Å²) in [7, 11) is 1.57. The average molecular weight is 283 g/mol. The van der Waals surface area contributed by atoms with Crippen molar-refractivity contribution in [3.8, 4) is 5.75 Å². The predicted octanol–water partition coefficient (Wildman–Crippen LogP) is 1.63. The van der Waals surface area contributed by atoms with Gasteiger partial charge in [-0.05, 0) is 24.0 Å². The number of rotatable bonds is 7.